The van der Waals surface area contributed by atoms with Crippen molar-refractivity contribution in [2.24, 2.45) is 5.92 Å². The maximum Gasteiger partial charge on any atom is 0.240 e. The van der Waals surface area contributed by atoms with Crippen molar-refractivity contribution in [1.82, 2.24) is 25.0 Å². The molecule has 0 radical (unpaired) electrons. The molecule has 1 aliphatic rings. The number of likely N-dealkylation sites (tertiary alicyclic amines) is 1. The zero-order chi connectivity index (χ0) is 18.4. The fraction of sp³-hybridized carbons (Fsp3) is 0.611. The molecule has 6 nitrogen and oxygen atoms in total. The molecule has 2 N–H and O–H groups in total. The molecule has 0 bridgehead atoms. The number of nitrogens with zero attached hydrogens (tertiary/aromatic N) is 3. The highest BCUT2D eigenvalue weighted by Crippen LogP contribution is 2.20. The van der Waals surface area contributed by atoms with E-state index in [1.807, 2.05) is 11.3 Å². The first-order chi connectivity index (χ1) is 12.7. The maximum absolute atomic E-state index is 12.3. The molecule has 1 saturated heterocycles. The van der Waals surface area contributed by atoms with Crippen molar-refractivity contribution in [3.63, 3.8) is 0 Å². The van der Waals surface area contributed by atoms with E-state index in [2.05, 4.69) is 44.9 Å². The third-order valence-electron chi connectivity index (χ3n) is 4.87. The Morgan fingerprint density at radius 3 is 2.96 bits per heavy atom. The zero-order valence-corrected chi connectivity index (χ0v) is 16.9. The second-order valence-electron chi connectivity index (χ2n) is 6.88. The lowest BCUT2D eigenvalue weighted by molar-refractivity contribution is -0.122. The lowest BCUT2D eigenvalue weighted by atomic mass is 9.97. The zero-order valence-electron chi connectivity index (χ0n) is 15.2. The summed E-state index contributed by atoms with van der Waals surface area (Å²) in [4.78, 5) is 16.2. The Labute approximate surface area is 163 Å². The van der Waals surface area contributed by atoms with Crippen LogP contribution in [-0.4, -0.2) is 45.2 Å². The molecular weight excluding hydrogens is 366 g/mol. The number of hydrogen-bond acceptors (Lipinski definition) is 5. The van der Waals surface area contributed by atoms with Crippen LogP contribution in [0.2, 0.25) is 0 Å². The SMILES string of the molecule is CCCc1n[nH]c(=S)n1CC(=O)NCC1CCN(Cc2cccs2)CC1. The van der Waals surface area contributed by atoms with Crippen LogP contribution >= 0.6 is 23.6 Å². The summed E-state index contributed by atoms with van der Waals surface area (Å²) in [5.41, 5.74) is 0. The van der Waals surface area contributed by atoms with Crippen molar-refractivity contribution < 1.29 is 4.79 Å². The quantitative estimate of drug-likeness (QED) is 0.677. The topological polar surface area (TPSA) is 66.0 Å². The number of nitrogens with one attached hydrogen (secondary N) is 2. The first-order valence-electron chi connectivity index (χ1n) is 9.31. The summed E-state index contributed by atoms with van der Waals surface area (Å²) in [6.45, 7) is 6.35. The first kappa shape index (κ1) is 19.3. The van der Waals surface area contributed by atoms with Crippen molar-refractivity contribution in [3.8, 4) is 0 Å². The van der Waals surface area contributed by atoms with Crippen LogP contribution in [0.25, 0.3) is 0 Å². The number of carbonyl (C=O) groups is 1. The number of piperidine rings is 1. The van der Waals surface area contributed by atoms with Gasteiger partial charge in [-0.15, -0.1) is 11.3 Å². The second-order valence-corrected chi connectivity index (χ2v) is 8.30. The van der Waals surface area contributed by atoms with Crippen molar-refractivity contribution >= 4 is 29.5 Å². The predicted octanol–water partition coefficient (Wildman–Crippen LogP) is 2.98. The number of carbonyl (C=O) groups excluding carboxylic acids is 1. The van der Waals surface area contributed by atoms with E-state index in [0.29, 0.717) is 10.7 Å². The van der Waals surface area contributed by atoms with Gasteiger partial charge in [-0.3, -0.25) is 19.4 Å². The Bertz CT molecular complexity index is 744. The van der Waals surface area contributed by atoms with Crippen LogP contribution in [0.15, 0.2) is 17.5 Å². The number of amides is 1. The van der Waals surface area contributed by atoms with Crippen molar-refractivity contribution in [3.05, 3.63) is 33.0 Å². The normalized spacial score (nSPS) is 16.0. The van der Waals surface area contributed by atoms with Gasteiger partial charge in [0, 0.05) is 24.4 Å². The number of hydrogen-bond donors (Lipinski definition) is 2. The predicted molar refractivity (Wildman–Crippen MR) is 107 cm³/mol. The van der Waals surface area contributed by atoms with Crippen LogP contribution in [0.3, 0.4) is 0 Å². The molecule has 3 rings (SSSR count). The van der Waals surface area contributed by atoms with Gasteiger partial charge >= 0.3 is 0 Å². The minimum Gasteiger partial charge on any atom is -0.354 e. The van der Waals surface area contributed by atoms with E-state index >= 15 is 0 Å². The molecule has 3 heterocycles. The van der Waals surface area contributed by atoms with E-state index < -0.39 is 0 Å². The van der Waals surface area contributed by atoms with Crippen molar-refractivity contribution in [1.29, 1.82) is 0 Å². The number of aromatic nitrogens is 3. The highest BCUT2D eigenvalue weighted by Gasteiger charge is 2.20. The molecule has 0 atom stereocenters. The molecule has 1 aliphatic heterocycles. The van der Waals surface area contributed by atoms with E-state index in [9.17, 15) is 4.79 Å². The van der Waals surface area contributed by atoms with Crippen molar-refractivity contribution in [2.45, 2.75) is 45.7 Å². The molecule has 0 unspecified atom stereocenters. The largest absolute Gasteiger partial charge is 0.354 e. The summed E-state index contributed by atoms with van der Waals surface area (Å²) in [5.74, 6) is 1.43. The van der Waals surface area contributed by atoms with Crippen LogP contribution in [0.5, 0.6) is 0 Å². The summed E-state index contributed by atoms with van der Waals surface area (Å²) < 4.78 is 2.32. The van der Waals surface area contributed by atoms with Gasteiger partial charge in [-0.05, 0) is 61.9 Å². The van der Waals surface area contributed by atoms with E-state index in [4.69, 9.17) is 12.2 Å². The van der Waals surface area contributed by atoms with E-state index in [-0.39, 0.29) is 12.5 Å². The number of thiophene rings is 1. The lowest BCUT2D eigenvalue weighted by Gasteiger charge is -2.31. The van der Waals surface area contributed by atoms with Gasteiger partial charge in [-0.2, -0.15) is 5.10 Å². The average molecular weight is 394 g/mol. The Kier molecular flexibility index (Phi) is 6.99. The Morgan fingerprint density at radius 1 is 1.46 bits per heavy atom. The fourth-order valence-electron chi connectivity index (χ4n) is 3.36. The molecule has 0 saturated carbocycles. The van der Waals surface area contributed by atoms with Gasteiger partial charge in [0.25, 0.3) is 0 Å². The molecule has 142 valence electrons. The molecule has 2 aromatic heterocycles. The smallest absolute Gasteiger partial charge is 0.240 e. The van der Waals surface area contributed by atoms with Gasteiger partial charge in [0.05, 0.1) is 0 Å². The molecule has 0 spiro atoms. The van der Waals surface area contributed by atoms with Gasteiger partial charge in [0.2, 0.25) is 5.91 Å². The monoisotopic (exact) mass is 393 g/mol. The van der Waals surface area contributed by atoms with Crippen LogP contribution in [0.1, 0.15) is 36.9 Å². The highest BCUT2D eigenvalue weighted by atomic mass is 32.1. The third-order valence-corrected chi connectivity index (χ3v) is 6.04. The van der Waals surface area contributed by atoms with E-state index in [1.54, 1.807) is 4.57 Å². The molecule has 2 aromatic rings. The van der Waals surface area contributed by atoms with Crippen LogP contribution in [0, 0.1) is 10.7 Å². The summed E-state index contributed by atoms with van der Waals surface area (Å²) in [6, 6.07) is 4.31. The van der Waals surface area contributed by atoms with Crippen LogP contribution < -0.4 is 5.32 Å². The van der Waals surface area contributed by atoms with Gasteiger partial charge < -0.3 is 5.32 Å². The van der Waals surface area contributed by atoms with Crippen molar-refractivity contribution in [2.75, 3.05) is 19.6 Å². The molecule has 1 fully saturated rings. The molecule has 8 heteroatoms. The molecule has 1 amide bonds. The van der Waals surface area contributed by atoms with Gasteiger partial charge in [-0.25, -0.2) is 0 Å². The number of rotatable bonds is 8. The average Bonchev–Trinajstić information content (AvgIpc) is 3.26. The molecule has 0 aromatic carbocycles. The van der Waals surface area contributed by atoms with Gasteiger partial charge in [0.15, 0.2) is 4.77 Å². The first-order valence-corrected chi connectivity index (χ1v) is 10.6. The Hall–Kier alpha value is -1.51. The van der Waals surface area contributed by atoms with Gasteiger partial charge in [-0.1, -0.05) is 13.0 Å². The second kappa shape index (κ2) is 9.43. The minimum atomic E-state index is 0.0147. The Balaban J connectivity index is 1.40. The standard InChI is InChI=1S/C18H27N5OS2/c1-2-4-16-20-21-18(25)23(16)13-17(24)19-11-14-6-8-22(9-7-14)12-15-5-3-10-26-15/h3,5,10,14H,2,4,6-9,11-13H2,1H3,(H,19,24)(H,21,25). The van der Waals surface area contributed by atoms with E-state index in [1.165, 1.54) is 4.88 Å². The maximum atomic E-state index is 12.3. The highest BCUT2D eigenvalue weighted by molar-refractivity contribution is 7.71. The summed E-state index contributed by atoms with van der Waals surface area (Å²) >= 11 is 7.06. The minimum absolute atomic E-state index is 0.0147. The number of H-pyrrole nitrogens is 1. The summed E-state index contributed by atoms with van der Waals surface area (Å²) in [5, 5.41) is 12.2. The molecular formula is C18H27N5OS2. The van der Waals surface area contributed by atoms with Gasteiger partial charge in [0.1, 0.15) is 12.4 Å². The van der Waals surface area contributed by atoms with E-state index in [0.717, 1.165) is 57.7 Å². The summed E-state index contributed by atoms with van der Waals surface area (Å²) in [7, 11) is 0. The molecule has 26 heavy (non-hydrogen) atoms. The number of aromatic amines is 1. The third kappa shape index (κ3) is 5.25. The Morgan fingerprint density at radius 2 is 2.27 bits per heavy atom. The fourth-order valence-corrected chi connectivity index (χ4v) is 4.32. The van der Waals surface area contributed by atoms with Crippen LogP contribution in [0.4, 0.5) is 0 Å². The van der Waals surface area contributed by atoms with Crippen LogP contribution in [-0.2, 0) is 24.3 Å². The summed E-state index contributed by atoms with van der Waals surface area (Å²) in [6.07, 6.45) is 4.07. The lowest BCUT2D eigenvalue weighted by Crippen LogP contribution is -2.39. The molecule has 0 aliphatic carbocycles. The number of aryl methyl sites for hydroxylation is 1.